The Labute approximate surface area is 141 Å². The molecule has 0 aromatic heterocycles. The van der Waals surface area contributed by atoms with Crippen LogP contribution in [0.5, 0.6) is 5.75 Å². The van der Waals surface area contributed by atoms with E-state index in [1.807, 2.05) is 0 Å². The van der Waals surface area contributed by atoms with E-state index in [-0.39, 0.29) is 21.1 Å². The molecule has 0 unspecified atom stereocenters. The van der Waals surface area contributed by atoms with E-state index >= 15 is 0 Å². The molecule has 22 heavy (non-hydrogen) atoms. The maximum Gasteiger partial charge on any atom is 0.339 e. The zero-order valence-corrected chi connectivity index (χ0v) is 14.8. The number of halogens is 2. The molecule has 3 nitrogen and oxygen atoms in total. The van der Waals surface area contributed by atoms with E-state index in [0.717, 1.165) is 5.56 Å². The summed E-state index contributed by atoms with van der Waals surface area (Å²) in [5, 5.41) is 0.525. The first-order valence-electron chi connectivity index (χ1n) is 6.60. The van der Waals surface area contributed by atoms with Crippen LogP contribution in [0.2, 0.25) is 10.0 Å². The van der Waals surface area contributed by atoms with Crippen molar-refractivity contribution in [3.8, 4) is 5.75 Å². The largest absolute Gasteiger partial charge is 0.377 e. The van der Waals surface area contributed by atoms with Crippen LogP contribution in [-0.2, 0) is 15.5 Å². The van der Waals surface area contributed by atoms with Gasteiger partial charge in [-0.3, -0.25) is 0 Å². The molecule has 0 aliphatic rings. The van der Waals surface area contributed by atoms with Gasteiger partial charge in [-0.15, -0.1) is 0 Å². The Hall–Kier alpha value is -1.23. The summed E-state index contributed by atoms with van der Waals surface area (Å²) in [5.74, 6) is 0.00839. The van der Waals surface area contributed by atoms with Crippen molar-refractivity contribution < 1.29 is 12.6 Å². The Morgan fingerprint density at radius 2 is 1.55 bits per heavy atom. The Bertz CT molecular complexity index is 776. The van der Waals surface area contributed by atoms with Gasteiger partial charge in [-0.05, 0) is 35.2 Å². The molecule has 0 saturated heterocycles. The van der Waals surface area contributed by atoms with Crippen LogP contribution in [0.3, 0.4) is 0 Å². The van der Waals surface area contributed by atoms with Gasteiger partial charge in [0.05, 0.1) is 5.02 Å². The van der Waals surface area contributed by atoms with Crippen LogP contribution >= 0.6 is 23.2 Å². The zero-order valence-electron chi connectivity index (χ0n) is 12.4. The lowest BCUT2D eigenvalue weighted by Crippen LogP contribution is -2.13. The molecular weight excluding hydrogens is 343 g/mol. The molecule has 2 rings (SSSR count). The summed E-state index contributed by atoms with van der Waals surface area (Å²) in [6, 6.07) is 11.0. The fourth-order valence-electron chi connectivity index (χ4n) is 1.83. The predicted molar refractivity (Wildman–Crippen MR) is 89.4 cm³/mol. The van der Waals surface area contributed by atoms with Gasteiger partial charge >= 0.3 is 10.1 Å². The van der Waals surface area contributed by atoms with Crippen LogP contribution in [-0.4, -0.2) is 8.42 Å². The molecule has 0 bridgehead atoms. The van der Waals surface area contributed by atoms with Crippen molar-refractivity contribution in [1.82, 2.24) is 0 Å². The number of hydrogen-bond acceptors (Lipinski definition) is 3. The van der Waals surface area contributed by atoms with Gasteiger partial charge in [0.2, 0.25) is 0 Å². The number of hydrogen-bond donors (Lipinski definition) is 0. The quantitative estimate of drug-likeness (QED) is 0.720. The van der Waals surface area contributed by atoms with E-state index in [2.05, 4.69) is 20.8 Å². The highest BCUT2D eigenvalue weighted by atomic mass is 35.5. The molecule has 6 heteroatoms. The van der Waals surface area contributed by atoms with Crippen LogP contribution in [0.15, 0.2) is 47.4 Å². The molecule has 0 atom stereocenters. The van der Waals surface area contributed by atoms with Crippen LogP contribution in [0.25, 0.3) is 0 Å². The van der Waals surface area contributed by atoms with Gasteiger partial charge in [-0.1, -0.05) is 56.1 Å². The summed E-state index contributed by atoms with van der Waals surface area (Å²) in [6.45, 7) is 6.16. The van der Waals surface area contributed by atoms with Crippen molar-refractivity contribution >= 4 is 33.3 Å². The highest BCUT2D eigenvalue weighted by molar-refractivity contribution is 7.87. The van der Waals surface area contributed by atoms with Gasteiger partial charge < -0.3 is 4.18 Å². The van der Waals surface area contributed by atoms with Gasteiger partial charge in [-0.2, -0.15) is 8.42 Å². The topological polar surface area (TPSA) is 43.4 Å². The predicted octanol–water partition coefficient (Wildman–Crippen LogP) is 5.06. The molecule has 0 spiro atoms. The normalized spacial score (nSPS) is 12.2. The lowest BCUT2D eigenvalue weighted by molar-refractivity contribution is 0.486. The van der Waals surface area contributed by atoms with E-state index in [0.29, 0.717) is 5.02 Å². The van der Waals surface area contributed by atoms with Crippen molar-refractivity contribution in [2.75, 3.05) is 0 Å². The lowest BCUT2D eigenvalue weighted by Gasteiger charge is -2.19. The highest BCUT2D eigenvalue weighted by Crippen LogP contribution is 2.31. The SMILES string of the molecule is CC(C)(C)c1ccc(S(=O)(=O)Oc2cc(Cl)ccc2Cl)cc1. The summed E-state index contributed by atoms with van der Waals surface area (Å²) >= 11 is 11.8. The minimum absolute atomic E-state index is 0.00839. The lowest BCUT2D eigenvalue weighted by atomic mass is 9.87. The third-order valence-corrected chi connectivity index (χ3v) is 4.90. The van der Waals surface area contributed by atoms with E-state index in [4.69, 9.17) is 27.4 Å². The Morgan fingerprint density at radius 1 is 0.955 bits per heavy atom. The van der Waals surface area contributed by atoms with Crippen molar-refractivity contribution in [1.29, 1.82) is 0 Å². The van der Waals surface area contributed by atoms with E-state index < -0.39 is 10.1 Å². The standard InChI is InChI=1S/C16H16Cl2O3S/c1-16(2,3)11-4-7-13(8-5-11)22(19,20)21-15-10-12(17)6-9-14(15)18/h4-10H,1-3H3. The van der Waals surface area contributed by atoms with Crippen LogP contribution in [0.1, 0.15) is 26.3 Å². The first-order chi connectivity index (χ1) is 10.1. The van der Waals surface area contributed by atoms with Gasteiger partial charge in [0.1, 0.15) is 4.90 Å². The molecule has 2 aromatic rings. The summed E-state index contributed by atoms with van der Waals surface area (Å²) in [4.78, 5) is 0.0662. The molecule has 118 valence electrons. The molecule has 2 aromatic carbocycles. The van der Waals surface area contributed by atoms with Crippen LogP contribution in [0, 0.1) is 0 Å². The first kappa shape index (κ1) is 17.1. The third-order valence-electron chi connectivity index (χ3n) is 3.10. The second-order valence-corrected chi connectivity index (χ2v) is 8.28. The minimum atomic E-state index is -3.96. The maximum atomic E-state index is 12.3. The van der Waals surface area contributed by atoms with Gasteiger partial charge in [0.25, 0.3) is 0 Å². The maximum absolute atomic E-state index is 12.3. The third kappa shape index (κ3) is 3.94. The molecular formula is C16H16Cl2O3S. The molecule has 0 radical (unpaired) electrons. The molecule has 0 N–H and O–H groups in total. The number of rotatable bonds is 3. The molecule has 0 aliphatic carbocycles. The Morgan fingerprint density at radius 3 is 2.09 bits per heavy atom. The second-order valence-electron chi connectivity index (χ2n) is 5.89. The van der Waals surface area contributed by atoms with Crippen LogP contribution < -0.4 is 4.18 Å². The summed E-state index contributed by atoms with van der Waals surface area (Å²) in [7, 11) is -3.96. The summed E-state index contributed by atoms with van der Waals surface area (Å²) in [6.07, 6.45) is 0. The number of benzene rings is 2. The van der Waals surface area contributed by atoms with Crippen molar-refractivity contribution in [2.24, 2.45) is 0 Å². The average molecular weight is 359 g/mol. The van der Waals surface area contributed by atoms with Gasteiger partial charge in [0.15, 0.2) is 5.75 Å². The van der Waals surface area contributed by atoms with E-state index in [1.54, 1.807) is 18.2 Å². The van der Waals surface area contributed by atoms with Crippen molar-refractivity contribution in [3.05, 3.63) is 58.1 Å². The summed E-state index contributed by atoms with van der Waals surface area (Å²) < 4.78 is 29.7. The molecule has 0 heterocycles. The second kappa shape index (κ2) is 6.11. The monoisotopic (exact) mass is 358 g/mol. The van der Waals surface area contributed by atoms with Gasteiger partial charge in [0, 0.05) is 11.1 Å². The molecule has 0 aliphatic heterocycles. The molecule has 0 saturated carbocycles. The fraction of sp³-hybridized carbons (Fsp3) is 0.250. The summed E-state index contributed by atoms with van der Waals surface area (Å²) in [5.41, 5.74) is 0.978. The van der Waals surface area contributed by atoms with E-state index in [1.165, 1.54) is 24.3 Å². The average Bonchev–Trinajstić information content (AvgIpc) is 2.42. The Balaban J connectivity index is 2.33. The van der Waals surface area contributed by atoms with Gasteiger partial charge in [-0.25, -0.2) is 0 Å². The van der Waals surface area contributed by atoms with Crippen LogP contribution in [0.4, 0.5) is 0 Å². The molecule has 0 amide bonds. The smallest absolute Gasteiger partial charge is 0.339 e. The van der Waals surface area contributed by atoms with E-state index in [9.17, 15) is 8.42 Å². The first-order valence-corrected chi connectivity index (χ1v) is 8.76. The fourth-order valence-corrected chi connectivity index (χ4v) is 3.13. The van der Waals surface area contributed by atoms with Crippen molar-refractivity contribution in [2.45, 2.75) is 31.1 Å². The zero-order chi connectivity index (χ0) is 16.5. The minimum Gasteiger partial charge on any atom is -0.377 e. The Kier molecular flexibility index (Phi) is 4.76. The van der Waals surface area contributed by atoms with Crippen molar-refractivity contribution in [3.63, 3.8) is 0 Å². The highest BCUT2D eigenvalue weighted by Gasteiger charge is 2.20. The molecule has 0 fully saturated rings.